The van der Waals surface area contributed by atoms with Crippen LogP contribution in [0.2, 0.25) is 0 Å². The van der Waals surface area contributed by atoms with E-state index in [9.17, 15) is 9.59 Å². The molecule has 0 aliphatic carbocycles. The van der Waals surface area contributed by atoms with Crippen LogP contribution in [0, 0.1) is 0 Å². The zero-order valence-electron chi connectivity index (χ0n) is 10.5. The van der Waals surface area contributed by atoms with Crippen molar-refractivity contribution in [2.75, 3.05) is 23.9 Å². The van der Waals surface area contributed by atoms with Crippen LogP contribution in [0.15, 0.2) is 23.6 Å². The molecule has 1 aliphatic heterocycles. The molecule has 1 aromatic heterocycles. The van der Waals surface area contributed by atoms with Crippen molar-refractivity contribution in [3.8, 4) is 5.75 Å². The van der Waals surface area contributed by atoms with Crippen molar-refractivity contribution in [3.05, 3.63) is 29.3 Å². The quantitative estimate of drug-likeness (QED) is 0.896. The Bertz CT molecular complexity index is 671. The second-order valence-electron chi connectivity index (χ2n) is 4.17. The predicted molar refractivity (Wildman–Crippen MR) is 73.2 cm³/mol. The molecule has 1 aliphatic rings. The van der Waals surface area contributed by atoms with Crippen molar-refractivity contribution in [1.82, 2.24) is 9.59 Å². The molecule has 0 saturated carbocycles. The summed E-state index contributed by atoms with van der Waals surface area (Å²) < 4.78 is 8.95. The first kappa shape index (κ1) is 12.5. The Labute approximate surface area is 118 Å². The fourth-order valence-corrected chi connectivity index (χ4v) is 2.24. The van der Waals surface area contributed by atoms with Gasteiger partial charge in [-0.3, -0.25) is 9.59 Å². The minimum Gasteiger partial charge on any atom is -0.482 e. The molecule has 3 rings (SSSR count). The summed E-state index contributed by atoms with van der Waals surface area (Å²) in [5.74, 6) is 0.134. The molecule has 1 N–H and O–H groups in total. The van der Waals surface area contributed by atoms with E-state index in [4.69, 9.17) is 4.74 Å². The molecule has 0 saturated heterocycles. The number of rotatable bonds is 2. The Morgan fingerprint density at radius 2 is 2.35 bits per heavy atom. The highest BCUT2D eigenvalue weighted by Gasteiger charge is 2.22. The largest absolute Gasteiger partial charge is 0.482 e. The zero-order valence-corrected chi connectivity index (χ0v) is 11.3. The lowest BCUT2D eigenvalue weighted by Crippen LogP contribution is -2.35. The second kappa shape index (κ2) is 4.89. The average Bonchev–Trinajstić information content (AvgIpc) is 2.98. The lowest BCUT2D eigenvalue weighted by atomic mass is 10.2. The number of benzene rings is 1. The number of carbonyl (C=O) groups excluding carboxylic acids is 2. The monoisotopic (exact) mass is 290 g/mol. The van der Waals surface area contributed by atoms with Crippen LogP contribution in [0.25, 0.3) is 0 Å². The number of hydrogen-bond acceptors (Lipinski definition) is 6. The van der Waals surface area contributed by atoms with Crippen LogP contribution in [0.3, 0.4) is 0 Å². The van der Waals surface area contributed by atoms with Crippen molar-refractivity contribution in [3.63, 3.8) is 0 Å². The topological polar surface area (TPSA) is 84.4 Å². The number of aromatic nitrogens is 2. The Hall–Kier alpha value is -2.48. The number of hydrogen-bond donors (Lipinski definition) is 1. The molecule has 0 fully saturated rings. The van der Waals surface area contributed by atoms with Gasteiger partial charge in [-0.05, 0) is 29.7 Å². The molecular formula is C12H10N4O3S. The summed E-state index contributed by atoms with van der Waals surface area (Å²) >= 11 is 1.11. The van der Waals surface area contributed by atoms with Gasteiger partial charge in [-0.1, -0.05) is 4.49 Å². The first-order chi connectivity index (χ1) is 9.65. The maximum Gasteiger partial charge on any atom is 0.277 e. The van der Waals surface area contributed by atoms with E-state index in [1.165, 1.54) is 4.90 Å². The van der Waals surface area contributed by atoms with Crippen LogP contribution < -0.4 is 15.0 Å². The van der Waals surface area contributed by atoms with Gasteiger partial charge >= 0.3 is 0 Å². The minimum atomic E-state index is -0.343. The summed E-state index contributed by atoms with van der Waals surface area (Å²) in [6, 6.07) is 5.11. The van der Waals surface area contributed by atoms with Gasteiger partial charge in [0.25, 0.3) is 11.8 Å². The number of fused-ring (bicyclic) bond motifs is 1. The van der Waals surface area contributed by atoms with Gasteiger partial charge in [-0.2, -0.15) is 0 Å². The highest BCUT2D eigenvalue weighted by molar-refractivity contribution is 7.03. The van der Waals surface area contributed by atoms with Crippen LogP contribution in [-0.2, 0) is 4.79 Å². The van der Waals surface area contributed by atoms with Gasteiger partial charge in [0, 0.05) is 18.1 Å². The van der Waals surface area contributed by atoms with Crippen molar-refractivity contribution < 1.29 is 14.3 Å². The Balaban J connectivity index is 1.85. The molecule has 0 bridgehead atoms. The molecule has 0 unspecified atom stereocenters. The molecular weight excluding hydrogens is 280 g/mol. The fourth-order valence-electron chi connectivity index (χ4n) is 1.81. The van der Waals surface area contributed by atoms with Gasteiger partial charge in [0.2, 0.25) is 0 Å². The smallest absolute Gasteiger partial charge is 0.277 e. The lowest BCUT2D eigenvalue weighted by Gasteiger charge is -2.26. The van der Waals surface area contributed by atoms with E-state index in [0.29, 0.717) is 17.1 Å². The number of anilines is 2. The fraction of sp³-hybridized carbons (Fsp3) is 0.167. The van der Waals surface area contributed by atoms with Gasteiger partial charge in [-0.25, -0.2) is 0 Å². The second-order valence-corrected chi connectivity index (χ2v) is 4.78. The normalized spacial score (nSPS) is 13.7. The summed E-state index contributed by atoms with van der Waals surface area (Å²) in [5, 5.41) is 7.96. The molecule has 20 heavy (non-hydrogen) atoms. The van der Waals surface area contributed by atoms with E-state index < -0.39 is 0 Å². The van der Waals surface area contributed by atoms with Gasteiger partial charge in [-0.15, -0.1) is 5.10 Å². The SMILES string of the molecule is CN1C(=O)COc2ccc(NC(=O)c3csnn3)cc21. The maximum atomic E-state index is 11.9. The summed E-state index contributed by atoms with van der Waals surface area (Å²) in [6.07, 6.45) is 0. The number of nitrogens with zero attached hydrogens (tertiary/aromatic N) is 3. The van der Waals surface area contributed by atoms with Crippen LogP contribution in [-0.4, -0.2) is 35.1 Å². The molecule has 0 radical (unpaired) electrons. The van der Waals surface area contributed by atoms with E-state index in [1.807, 2.05) is 0 Å². The number of amides is 2. The predicted octanol–water partition coefficient (Wildman–Crippen LogP) is 1.15. The molecule has 2 amide bonds. The molecule has 2 aromatic rings. The molecule has 2 heterocycles. The van der Waals surface area contributed by atoms with E-state index in [0.717, 1.165) is 11.5 Å². The van der Waals surface area contributed by atoms with Crippen LogP contribution in [0.5, 0.6) is 5.75 Å². The van der Waals surface area contributed by atoms with Crippen LogP contribution in [0.1, 0.15) is 10.5 Å². The van der Waals surface area contributed by atoms with Gasteiger partial charge in [0.1, 0.15) is 5.75 Å². The third kappa shape index (κ3) is 2.21. The van der Waals surface area contributed by atoms with Crippen molar-refractivity contribution >= 4 is 34.7 Å². The molecule has 8 heteroatoms. The van der Waals surface area contributed by atoms with E-state index >= 15 is 0 Å². The number of carbonyl (C=O) groups is 2. The average molecular weight is 290 g/mol. The number of nitrogens with one attached hydrogen (secondary N) is 1. The lowest BCUT2D eigenvalue weighted by molar-refractivity contribution is -0.120. The first-order valence-corrected chi connectivity index (χ1v) is 6.60. The molecule has 0 atom stereocenters. The van der Waals surface area contributed by atoms with Gasteiger partial charge < -0.3 is 15.0 Å². The third-order valence-corrected chi connectivity index (χ3v) is 3.40. The van der Waals surface area contributed by atoms with Crippen LogP contribution >= 0.6 is 11.5 Å². The Morgan fingerprint density at radius 3 is 3.10 bits per heavy atom. The van der Waals surface area contributed by atoms with Gasteiger partial charge in [0.05, 0.1) is 5.69 Å². The highest BCUT2D eigenvalue weighted by Crippen LogP contribution is 2.33. The van der Waals surface area contributed by atoms with E-state index in [-0.39, 0.29) is 24.1 Å². The van der Waals surface area contributed by atoms with E-state index in [1.54, 1.807) is 30.6 Å². The number of likely N-dealkylation sites (N-methyl/N-ethyl adjacent to an activating group) is 1. The Kier molecular flexibility index (Phi) is 3.07. The van der Waals surface area contributed by atoms with Gasteiger partial charge in [0.15, 0.2) is 12.3 Å². The molecule has 0 spiro atoms. The standard InChI is InChI=1S/C12H10N4O3S/c1-16-9-4-7(2-3-10(9)19-5-11(16)17)13-12(18)8-6-20-15-14-8/h2-4,6H,5H2,1H3,(H,13,18). The summed E-state index contributed by atoms with van der Waals surface area (Å²) in [4.78, 5) is 24.9. The van der Waals surface area contributed by atoms with Crippen molar-refractivity contribution in [2.24, 2.45) is 0 Å². The molecule has 7 nitrogen and oxygen atoms in total. The summed E-state index contributed by atoms with van der Waals surface area (Å²) in [6.45, 7) is 0.0275. The maximum absolute atomic E-state index is 11.9. The molecule has 102 valence electrons. The number of ether oxygens (including phenoxy) is 1. The van der Waals surface area contributed by atoms with Crippen molar-refractivity contribution in [1.29, 1.82) is 0 Å². The first-order valence-electron chi connectivity index (χ1n) is 5.77. The molecule has 1 aromatic carbocycles. The van der Waals surface area contributed by atoms with Crippen molar-refractivity contribution in [2.45, 2.75) is 0 Å². The van der Waals surface area contributed by atoms with E-state index in [2.05, 4.69) is 14.9 Å². The van der Waals surface area contributed by atoms with Crippen LogP contribution in [0.4, 0.5) is 11.4 Å². The summed E-state index contributed by atoms with van der Waals surface area (Å²) in [7, 11) is 1.67. The highest BCUT2D eigenvalue weighted by atomic mass is 32.1. The Morgan fingerprint density at radius 1 is 1.50 bits per heavy atom. The minimum absolute atomic E-state index is 0.0275. The zero-order chi connectivity index (χ0) is 14.1. The third-order valence-electron chi connectivity index (χ3n) is 2.90. The summed E-state index contributed by atoms with van der Waals surface area (Å²) in [5.41, 5.74) is 1.44.